The van der Waals surface area contributed by atoms with Crippen LogP contribution in [0.2, 0.25) is 0 Å². The van der Waals surface area contributed by atoms with E-state index in [1.54, 1.807) is 0 Å². The molecule has 0 bridgehead atoms. The van der Waals surface area contributed by atoms with Crippen molar-refractivity contribution >= 4 is 15.9 Å². The summed E-state index contributed by atoms with van der Waals surface area (Å²) in [5, 5.41) is 0. The van der Waals surface area contributed by atoms with Crippen LogP contribution in [0, 0.1) is 0 Å². The lowest BCUT2D eigenvalue weighted by Crippen LogP contribution is -2.29. The molecule has 1 aromatic carbocycles. The van der Waals surface area contributed by atoms with Crippen molar-refractivity contribution in [1.29, 1.82) is 0 Å². The maximum absolute atomic E-state index is 5.73. The van der Waals surface area contributed by atoms with E-state index in [1.165, 1.54) is 37.9 Å². The first-order chi connectivity index (χ1) is 8.65. The molecule has 1 aromatic rings. The molecular weight excluding hydrogens is 290 g/mol. The van der Waals surface area contributed by atoms with Crippen molar-refractivity contribution in [3.05, 3.63) is 28.2 Å². The van der Waals surface area contributed by atoms with E-state index in [9.17, 15) is 0 Å². The molecule has 0 radical (unpaired) electrons. The lowest BCUT2D eigenvalue weighted by atomic mass is 10.1. The number of piperidine rings is 1. The molecule has 0 amide bonds. The summed E-state index contributed by atoms with van der Waals surface area (Å²) < 4.78 is 6.79. The Bertz CT molecular complexity index is 386. The van der Waals surface area contributed by atoms with Crippen LogP contribution < -0.4 is 4.74 Å². The SMILES string of the molecule is CC(C)Oc1ccc(CN2CCCCC2)cc1Br. The molecular formula is C15H22BrNO. The summed E-state index contributed by atoms with van der Waals surface area (Å²) in [7, 11) is 0. The van der Waals surface area contributed by atoms with Crippen LogP contribution in [0.3, 0.4) is 0 Å². The van der Waals surface area contributed by atoms with Gasteiger partial charge < -0.3 is 4.74 Å². The Morgan fingerprint density at radius 2 is 1.94 bits per heavy atom. The van der Waals surface area contributed by atoms with Crippen molar-refractivity contribution in [2.75, 3.05) is 13.1 Å². The van der Waals surface area contributed by atoms with Crippen molar-refractivity contribution in [2.45, 2.75) is 45.8 Å². The number of benzene rings is 1. The fourth-order valence-corrected chi connectivity index (χ4v) is 2.89. The predicted octanol–water partition coefficient (Wildman–Crippen LogP) is 4.22. The lowest BCUT2D eigenvalue weighted by Gasteiger charge is -2.26. The van der Waals surface area contributed by atoms with E-state index in [4.69, 9.17) is 4.74 Å². The predicted molar refractivity (Wildman–Crippen MR) is 79.0 cm³/mol. The minimum absolute atomic E-state index is 0.217. The summed E-state index contributed by atoms with van der Waals surface area (Å²) in [6.45, 7) is 7.63. The van der Waals surface area contributed by atoms with Crippen LogP contribution in [-0.2, 0) is 6.54 Å². The highest BCUT2D eigenvalue weighted by Gasteiger charge is 2.11. The average molecular weight is 312 g/mol. The van der Waals surface area contributed by atoms with Gasteiger partial charge in [-0.1, -0.05) is 12.5 Å². The Hall–Kier alpha value is -0.540. The van der Waals surface area contributed by atoms with Gasteiger partial charge in [0.1, 0.15) is 5.75 Å². The van der Waals surface area contributed by atoms with E-state index in [2.05, 4.69) is 39.0 Å². The van der Waals surface area contributed by atoms with Gasteiger partial charge in [-0.2, -0.15) is 0 Å². The zero-order valence-electron chi connectivity index (χ0n) is 11.3. The summed E-state index contributed by atoms with van der Waals surface area (Å²) in [6.07, 6.45) is 4.29. The van der Waals surface area contributed by atoms with Crippen LogP contribution in [-0.4, -0.2) is 24.1 Å². The van der Waals surface area contributed by atoms with Gasteiger partial charge in [-0.25, -0.2) is 0 Å². The number of ether oxygens (including phenoxy) is 1. The molecule has 0 unspecified atom stereocenters. The molecule has 18 heavy (non-hydrogen) atoms. The average Bonchev–Trinajstić information content (AvgIpc) is 2.33. The largest absolute Gasteiger partial charge is 0.490 e. The fraction of sp³-hybridized carbons (Fsp3) is 0.600. The summed E-state index contributed by atoms with van der Waals surface area (Å²) in [4.78, 5) is 2.54. The Morgan fingerprint density at radius 3 is 2.56 bits per heavy atom. The third-order valence-electron chi connectivity index (χ3n) is 3.21. The van der Waals surface area contributed by atoms with E-state index >= 15 is 0 Å². The number of nitrogens with zero attached hydrogens (tertiary/aromatic N) is 1. The molecule has 0 aliphatic carbocycles. The molecule has 1 fully saturated rings. The summed E-state index contributed by atoms with van der Waals surface area (Å²) >= 11 is 3.60. The van der Waals surface area contributed by atoms with E-state index in [-0.39, 0.29) is 6.10 Å². The Balaban J connectivity index is 1.99. The van der Waals surface area contributed by atoms with Gasteiger partial charge in [-0.15, -0.1) is 0 Å². The molecule has 0 saturated carbocycles. The molecule has 0 spiro atoms. The van der Waals surface area contributed by atoms with E-state index in [0.717, 1.165) is 16.8 Å². The second-order valence-electron chi connectivity index (χ2n) is 5.27. The maximum atomic E-state index is 5.73. The zero-order chi connectivity index (χ0) is 13.0. The monoisotopic (exact) mass is 311 g/mol. The molecule has 0 N–H and O–H groups in total. The first-order valence-corrected chi connectivity index (χ1v) is 7.62. The van der Waals surface area contributed by atoms with Gasteiger partial charge in [0.2, 0.25) is 0 Å². The zero-order valence-corrected chi connectivity index (χ0v) is 12.9. The highest BCUT2D eigenvalue weighted by atomic mass is 79.9. The van der Waals surface area contributed by atoms with Gasteiger partial charge >= 0.3 is 0 Å². The first-order valence-electron chi connectivity index (χ1n) is 6.82. The lowest BCUT2D eigenvalue weighted by molar-refractivity contribution is 0.220. The van der Waals surface area contributed by atoms with Gasteiger partial charge in [0.15, 0.2) is 0 Å². The summed E-state index contributed by atoms with van der Waals surface area (Å²) in [6, 6.07) is 6.44. The van der Waals surface area contributed by atoms with Crippen molar-refractivity contribution in [3.63, 3.8) is 0 Å². The highest BCUT2D eigenvalue weighted by molar-refractivity contribution is 9.10. The minimum Gasteiger partial charge on any atom is -0.490 e. The molecule has 1 aliphatic heterocycles. The van der Waals surface area contributed by atoms with Gasteiger partial charge in [0.25, 0.3) is 0 Å². The molecule has 1 saturated heterocycles. The van der Waals surface area contributed by atoms with Crippen LogP contribution in [0.5, 0.6) is 5.75 Å². The van der Waals surface area contributed by atoms with Crippen LogP contribution in [0.1, 0.15) is 38.7 Å². The molecule has 100 valence electrons. The van der Waals surface area contributed by atoms with Gasteiger partial charge in [-0.3, -0.25) is 4.90 Å². The Morgan fingerprint density at radius 1 is 1.22 bits per heavy atom. The van der Waals surface area contributed by atoms with Gasteiger partial charge in [0.05, 0.1) is 10.6 Å². The quantitative estimate of drug-likeness (QED) is 0.825. The number of rotatable bonds is 4. The second-order valence-corrected chi connectivity index (χ2v) is 6.12. The Kier molecular flexibility index (Phi) is 5.07. The van der Waals surface area contributed by atoms with Gasteiger partial charge in [-0.05, 0) is 73.4 Å². The highest BCUT2D eigenvalue weighted by Crippen LogP contribution is 2.27. The van der Waals surface area contributed by atoms with E-state index in [0.29, 0.717) is 0 Å². The smallest absolute Gasteiger partial charge is 0.133 e. The van der Waals surface area contributed by atoms with Crippen molar-refractivity contribution in [3.8, 4) is 5.75 Å². The molecule has 2 nitrogen and oxygen atoms in total. The first kappa shape index (κ1) is 13.9. The minimum atomic E-state index is 0.217. The maximum Gasteiger partial charge on any atom is 0.133 e. The number of hydrogen-bond donors (Lipinski definition) is 0. The Labute approximate surface area is 118 Å². The molecule has 0 aromatic heterocycles. The number of likely N-dealkylation sites (tertiary alicyclic amines) is 1. The molecule has 3 heteroatoms. The van der Waals surface area contributed by atoms with Crippen molar-refractivity contribution < 1.29 is 4.74 Å². The third-order valence-corrected chi connectivity index (χ3v) is 3.83. The van der Waals surface area contributed by atoms with Crippen molar-refractivity contribution in [1.82, 2.24) is 4.90 Å². The van der Waals surface area contributed by atoms with Gasteiger partial charge in [0, 0.05) is 6.54 Å². The second kappa shape index (κ2) is 6.58. The summed E-state index contributed by atoms with van der Waals surface area (Å²) in [5.41, 5.74) is 1.36. The molecule has 1 heterocycles. The third kappa shape index (κ3) is 3.99. The van der Waals surface area contributed by atoms with Crippen LogP contribution in [0.15, 0.2) is 22.7 Å². The molecule has 2 rings (SSSR count). The van der Waals surface area contributed by atoms with Crippen LogP contribution >= 0.6 is 15.9 Å². The van der Waals surface area contributed by atoms with Crippen LogP contribution in [0.25, 0.3) is 0 Å². The number of halogens is 1. The van der Waals surface area contributed by atoms with E-state index in [1.807, 2.05) is 13.8 Å². The number of hydrogen-bond acceptors (Lipinski definition) is 2. The fourth-order valence-electron chi connectivity index (χ4n) is 2.37. The topological polar surface area (TPSA) is 12.5 Å². The standard InChI is InChI=1S/C15H22BrNO/c1-12(2)18-15-7-6-13(10-14(15)16)11-17-8-4-3-5-9-17/h6-7,10,12H,3-5,8-9,11H2,1-2H3. The normalized spacial score (nSPS) is 17.1. The van der Waals surface area contributed by atoms with Crippen LogP contribution in [0.4, 0.5) is 0 Å². The van der Waals surface area contributed by atoms with E-state index < -0.39 is 0 Å². The van der Waals surface area contributed by atoms with Crippen molar-refractivity contribution in [2.24, 2.45) is 0 Å². The summed E-state index contributed by atoms with van der Waals surface area (Å²) in [5.74, 6) is 0.937. The molecule has 0 atom stereocenters. The molecule has 1 aliphatic rings.